The molecule has 0 unspecified atom stereocenters. The van der Waals surface area contributed by atoms with Gasteiger partial charge in [-0.25, -0.2) is 0 Å². The van der Waals surface area contributed by atoms with Gasteiger partial charge in [0.15, 0.2) is 0 Å². The van der Waals surface area contributed by atoms with Crippen LogP contribution in [0.3, 0.4) is 0 Å². The Bertz CT molecular complexity index is 226. The van der Waals surface area contributed by atoms with Crippen molar-refractivity contribution in [3.63, 3.8) is 0 Å². The summed E-state index contributed by atoms with van der Waals surface area (Å²) in [6.45, 7) is 5.48. The summed E-state index contributed by atoms with van der Waals surface area (Å²) >= 11 is 0. The Kier molecular flexibility index (Phi) is 4.18. The van der Waals surface area contributed by atoms with Crippen LogP contribution in [0.25, 0.3) is 0 Å². The number of aromatic nitrogens is 2. The van der Waals surface area contributed by atoms with Crippen LogP contribution in [0.1, 0.15) is 13.8 Å². The lowest BCUT2D eigenvalue weighted by Gasteiger charge is -2.07. The van der Waals surface area contributed by atoms with E-state index in [9.17, 15) is 0 Å². The minimum Gasteiger partial charge on any atom is -0.377 e. The molecule has 0 saturated heterocycles. The lowest BCUT2D eigenvalue weighted by molar-refractivity contribution is 0.0870. The van der Waals surface area contributed by atoms with Crippen LogP contribution in [0, 0.1) is 0 Å². The van der Waals surface area contributed by atoms with Crippen molar-refractivity contribution in [2.24, 2.45) is 0 Å². The van der Waals surface area contributed by atoms with Crippen molar-refractivity contribution < 1.29 is 4.74 Å². The number of ether oxygens (including phenoxy) is 1. The fourth-order valence-electron chi connectivity index (χ4n) is 0.870. The molecule has 0 atom stereocenters. The number of hydrogen-bond donors (Lipinski definition) is 1. The fraction of sp³-hybridized carbons (Fsp3) is 0.556. The highest BCUT2D eigenvalue weighted by Gasteiger charge is 1.93. The molecule has 0 fully saturated rings. The number of anilines is 1. The molecule has 1 rings (SSSR count). The molecule has 13 heavy (non-hydrogen) atoms. The molecule has 0 saturated carbocycles. The molecule has 72 valence electrons. The first-order chi connectivity index (χ1) is 6.29. The molecule has 4 heteroatoms. The van der Waals surface area contributed by atoms with E-state index < -0.39 is 0 Å². The molecule has 0 spiro atoms. The van der Waals surface area contributed by atoms with Crippen molar-refractivity contribution >= 4 is 5.82 Å². The van der Waals surface area contributed by atoms with Crippen molar-refractivity contribution in [2.75, 3.05) is 18.5 Å². The molecular weight excluding hydrogens is 166 g/mol. The zero-order valence-corrected chi connectivity index (χ0v) is 8.03. The van der Waals surface area contributed by atoms with Crippen molar-refractivity contribution in [2.45, 2.75) is 20.0 Å². The van der Waals surface area contributed by atoms with E-state index in [4.69, 9.17) is 4.74 Å². The summed E-state index contributed by atoms with van der Waals surface area (Å²) in [5, 5.41) is 10.7. The average molecular weight is 181 g/mol. The van der Waals surface area contributed by atoms with Gasteiger partial charge in [-0.1, -0.05) is 0 Å². The Morgan fingerprint density at radius 3 is 3.00 bits per heavy atom. The Morgan fingerprint density at radius 1 is 1.54 bits per heavy atom. The second kappa shape index (κ2) is 5.48. The van der Waals surface area contributed by atoms with E-state index in [0.717, 1.165) is 12.4 Å². The highest BCUT2D eigenvalue weighted by atomic mass is 16.5. The Balaban J connectivity index is 2.13. The van der Waals surface area contributed by atoms with Crippen LogP contribution in [0.5, 0.6) is 0 Å². The smallest absolute Gasteiger partial charge is 0.148 e. The van der Waals surface area contributed by atoms with Gasteiger partial charge in [0.05, 0.1) is 12.7 Å². The maximum absolute atomic E-state index is 5.35. The molecule has 0 amide bonds. The van der Waals surface area contributed by atoms with E-state index in [-0.39, 0.29) is 6.10 Å². The van der Waals surface area contributed by atoms with Gasteiger partial charge in [-0.3, -0.25) is 0 Å². The predicted octanol–water partition coefficient (Wildman–Crippen LogP) is 1.31. The van der Waals surface area contributed by atoms with Gasteiger partial charge in [0.25, 0.3) is 0 Å². The van der Waals surface area contributed by atoms with Crippen LogP contribution >= 0.6 is 0 Å². The molecule has 0 aliphatic rings. The van der Waals surface area contributed by atoms with Crippen LogP contribution < -0.4 is 5.32 Å². The molecule has 4 nitrogen and oxygen atoms in total. The summed E-state index contributed by atoms with van der Waals surface area (Å²) in [7, 11) is 0. The van der Waals surface area contributed by atoms with Gasteiger partial charge in [0.1, 0.15) is 5.82 Å². The van der Waals surface area contributed by atoms with Gasteiger partial charge in [-0.15, -0.1) is 5.10 Å². The number of nitrogens with zero attached hydrogens (tertiary/aromatic N) is 2. The average Bonchev–Trinajstić information content (AvgIpc) is 2.14. The molecule has 1 heterocycles. The molecule has 0 aliphatic heterocycles. The molecule has 0 bridgehead atoms. The Labute approximate surface area is 78.3 Å². The SMILES string of the molecule is CC(C)OCCNc1cccnn1. The van der Waals surface area contributed by atoms with Crippen molar-refractivity contribution in [3.8, 4) is 0 Å². The van der Waals surface area contributed by atoms with Gasteiger partial charge < -0.3 is 10.1 Å². The van der Waals surface area contributed by atoms with Crippen molar-refractivity contribution in [1.29, 1.82) is 0 Å². The second-order valence-electron chi connectivity index (χ2n) is 2.96. The molecule has 1 aromatic heterocycles. The first-order valence-corrected chi connectivity index (χ1v) is 4.42. The molecule has 0 radical (unpaired) electrons. The van der Waals surface area contributed by atoms with Gasteiger partial charge >= 0.3 is 0 Å². The molecular formula is C9H15N3O. The largest absolute Gasteiger partial charge is 0.377 e. The van der Waals surface area contributed by atoms with Gasteiger partial charge in [-0.2, -0.15) is 5.10 Å². The van der Waals surface area contributed by atoms with E-state index in [2.05, 4.69) is 15.5 Å². The fourth-order valence-corrected chi connectivity index (χ4v) is 0.870. The van der Waals surface area contributed by atoms with Crippen LogP contribution in [0.2, 0.25) is 0 Å². The summed E-state index contributed by atoms with van der Waals surface area (Å²) < 4.78 is 5.35. The highest BCUT2D eigenvalue weighted by molar-refractivity contribution is 5.30. The molecule has 1 N–H and O–H groups in total. The number of rotatable bonds is 5. The highest BCUT2D eigenvalue weighted by Crippen LogP contribution is 1.96. The lowest BCUT2D eigenvalue weighted by atomic mass is 10.5. The molecule has 1 aromatic rings. The monoisotopic (exact) mass is 181 g/mol. The van der Waals surface area contributed by atoms with Gasteiger partial charge in [0, 0.05) is 12.7 Å². The summed E-state index contributed by atoms with van der Waals surface area (Å²) in [6, 6.07) is 3.72. The summed E-state index contributed by atoms with van der Waals surface area (Å²) in [6.07, 6.45) is 1.93. The van der Waals surface area contributed by atoms with E-state index >= 15 is 0 Å². The normalized spacial score (nSPS) is 10.4. The lowest BCUT2D eigenvalue weighted by Crippen LogP contribution is -2.13. The Hall–Kier alpha value is -1.16. The maximum atomic E-state index is 5.35. The standard InChI is InChI=1S/C9H15N3O/c1-8(2)13-7-6-10-9-4-3-5-11-12-9/h3-5,8H,6-7H2,1-2H3,(H,10,12). The first-order valence-electron chi connectivity index (χ1n) is 4.42. The minimum atomic E-state index is 0.281. The summed E-state index contributed by atoms with van der Waals surface area (Å²) in [4.78, 5) is 0. The van der Waals surface area contributed by atoms with Gasteiger partial charge in [0.2, 0.25) is 0 Å². The Morgan fingerprint density at radius 2 is 2.38 bits per heavy atom. The summed E-state index contributed by atoms with van der Waals surface area (Å²) in [5.74, 6) is 0.787. The molecule has 0 aliphatic carbocycles. The zero-order valence-electron chi connectivity index (χ0n) is 8.03. The third-order valence-corrected chi connectivity index (χ3v) is 1.43. The maximum Gasteiger partial charge on any atom is 0.148 e. The van der Waals surface area contributed by atoms with E-state index in [1.807, 2.05) is 26.0 Å². The second-order valence-corrected chi connectivity index (χ2v) is 2.96. The number of hydrogen-bond acceptors (Lipinski definition) is 4. The first kappa shape index (κ1) is 9.92. The van der Waals surface area contributed by atoms with E-state index in [1.165, 1.54) is 0 Å². The molecule has 0 aromatic carbocycles. The van der Waals surface area contributed by atoms with Crippen molar-refractivity contribution in [1.82, 2.24) is 10.2 Å². The third kappa shape index (κ3) is 4.42. The van der Waals surface area contributed by atoms with Crippen LogP contribution in [-0.4, -0.2) is 29.5 Å². The quantitative estimate of drug-likeness (QED) is 0.696. The van der Waals surface area contributed by atoms with Crippen molar-refractivity contribution in [3.05, 3.63) is 18.3 Å². The summed E-state index contributed by atoms with van der Waals surface area (Å²) in [5.41, 5.74) is 0. The van der Waals surface area contributed by atoms with Crippen LogP contribution in [-0.2, 0) is 4.74 Å². The van der Waals surface area contributed by atoms with Crippen LogP contribution in [0.15, 0.2) is 18.3 Å². The van der Waals surface area contributed by atoms with E-state index in [1.54, 1.807) is 6.20 Å². The topological polar surface area (TPSA) is 47.0 Å². The van der Waals surface area contributed by atoms with E-state index in [0.29, 0.717) is 6.61 Å². The minimum absolute atomic E-state index is 0.281. The third-order valence-electron chi connectivity index (χ3n) is 1.43. The number of nitrogens with one attached hydrogen (secondary N) is 1. The van der Waals surface area contributed by atoms with Gasteiger partial charge in [-0.05, 0) is 26.0 Å². The zero-order chi connectivity index (χ0) is 9.52. The van der Waals surface area contributed by atoms with Crippen LogP contribution in [0.4, 0.5) is 5.82 Å². The predicted molar refractivity (Wildman–Crippen MR) is 51.6 cm³/mol.